The molecule has 0 saturated heterocycles. The number of rotatable bonds is 4. The van der Waals surface area contributed by atoms with E-state index in [1.165, 1.54) is 0 Å². The van der Waals surface area contributed by atoms with Gasteiger partial charge in [0.15, 0.2) is 0 Å². The van der Waals surface area contributed by atoms with Crippen molar-refractivity contribution in [2.45, 2.75) is 0 Å². The lowest BCUT2D eigenvalue weighted by atomic mass is 10.0. The van der Waals surface area contributed by atoms with Gasteiger partial charge in [-0.25, -0.2) is 0 Å². The van der Waals surface area contributed by atoms with Crippen molar-refractivity contribution >= 4 is 34.8 Å². The van der Waals surface area contributed by atoms with E-state index < -0.39 is 0 Å². The summed E-state index contributed by atoms with van der Waals surface area (Å²) in [7, 11) is 5.50. The van der Waals surface area contributed by atoms with Crippen molar-refractivity contribution in [2.24, 2.45) is 0 Å². The van der Waals surface area contributed by atoms with Gasteiger partial charge in [0, 0.05) is 16.2 Å². The van der Waals surface area contributed by atoms with Crippen molar-refractivity contribution in [1.29, 1.82) is 0 Å². The zero-order valence-corrected chi connectivity index (χ0v) is 14.7. The second kappa shape index (κ2) is 6.67. The molecular weight excluding hydrogens is 324 g/mol. The second-order valence-electron chi connectivity index (χ2n) is 5.95. The van der Waals surface area contributed by atoms with Gasteiger partial charge in [0.1, 0.15) is 5.75 Å². The fourth-order valence-corrected chi connectivity index (χ4v) is 2.92. The number of carbonyl (C=O) groups excluding carboxylic acids is 1. The summed E-state index contributed by atoms with van der Waals surface area (Å²) in [5.41, 5.74) is 3.38. The van der Waals surface area contributed by atoms with E-state index in [4.69, 9.17) is 16.3 Å². The third-order valence-electron chi connectivity index (χ3n) is 3.87. The number of fused-ring (bicyclic) bond motifs is 1. The van der Waals surface area contributed by atoms with E-state index in [9.17, 15) is 4.79 Å². The Morgan fingerprint density at radius 2 is 1.88 bits per heavy atom. The van der Waals surface area contributed by atoms with Crippen molar-refractivity contribution < 1.29 is 9.53 Å². The molecule has 1 amide bonds. The minimum atomic E-state index is -0.0169. The van der Waals surface area contributed by atoms with E-state index in [1.807, 2.05) is 67.5 Å². The summed E-state index contributed by atoms with van der Waals surface area (Å²) < 4.78 is 5.17. The van der Waals surface area contributed by atoms with Gasteiger partial charge < -0.3 is 4.74 Å². The number of nitrogens with zero attached hydrogens (tertiary/aromatic N) is 2. The van der Waals surface area contributed by atoms with Gasteiger partial charge in [-0.1, -0.05) is 29.8 Å². The Morgan fingerprint density at radius 3 is 2.50 bits per heavy atom. The van der Waals surface area contributed by atoms with Crippen LogP contribution in [0.5, 0.6) is 5.75 Å². The zero-order chi connectivity index (χ0) is 17.3. The van der Waals surface area contributed by atoms with Crippen molar-refractivity contribution in [3.05, 3.63) is 58.6 Å². The molecule has 24 heavy (non-hydrogen) atoms. The molecule has 0 N–H and O–H groups in total. The monoisotopic (exact) mass is 342 g/mol. The third-order valence-corrected chi connectivity index (χ3v) is 4.10. The molecule has 0 bridgehead atoms. The van der Waals surface area contributed by atoms with Crippen molar-refractivity contribution in [2.75, 3.05) is 32.8 Å². The average Bonchev–Trinajstić information content (AvgIpc) is 2.80. The molecule has 0 aliphatic carbocycles. The highest BCUT2D eigenvalue weighted by Gasteiger charge is 2.32. The van der Waals surface area contributed by atoms with Crippen LogP contribution >= 0.6 is 11.6 Å². The van der Waals surface area contributed by atoms with Gasteiger partial charge in [0.05, 0.1) is 19.5 Å². The number of anilines is 1. The molecule has 0 unspecified atom stereocenters. The SMILES string of the molecule is COc1ccc(C=C2C(=O)N(CN(C)C)c3cc(Cl)ccc32)cc1. The fraction of sp³-hybridized carbons (Fsp3) is 0.211. The number of ether oxygens (including phenoxy) is 1. The largest absolute Gasteiger partial charge is 0.497 e. The van der Waals surface area contributed by atoms with Gasteiger partial charge in [-0.05, 0) is 50.0 Å². The summed E-state index contributed by atoms with van der Waals surface area (Å²) in [5.74, 6) is 0.771. The van der Waals surface area contributed by atoms with Crippen LogP contribution in [0.25, 0.3) is 11.6 Å². The van der Waals surface area contributed by atoms with E-state index >= 15 is 0 Å². The Morgan fingerprint density at radius 1 is 1.17 bits per heavy atom. The molecule has 4 nitrogen and oxygen atoms in total. The number of hydrogen-bond acceptors (Lipinski definition) is 3. The molecule has 0 aromatic heterocycles. The first-order valence-corrected chi connectivity index (χ1v) is 7.99. The number of carbonyl (C=O) groups is 1. The number of hydrogen-bond donors (Lipinski definition) is 0. The molecule has 2 aromatic rings. The third kappa shape index (κ3) is 3.16. The Hall–Kier alpha value is -2.30. The van der Waals surface area contributed by atoms with Crippen LogP contribution in [0, 0.1) is 0 Å². The summed E-state index contributed by atoms with van der Waals surface area (Å²) >= 11 is 6.13. The zero-order valence-electron chi connectivity index (χ0n) is 13.9. The summed E-state index contributed by atoms with van der Waals surface area (Å²) in [5, 5.41) is 0.621. The van der Waals surface area contributed by atoms with Crippen LogP contribution < -0.4 is 9.64 Å². The number of methoxy groups -OCH3 is 1. The maximum atomic E-state index is 12.9. The van der Waals surface area contributed by atoms with Crippen LogP contribution in [0.4, 0.5) is 5.69 Å². The highest BCUT2D eigenvalue weighted by molar-refractivity contribution is 6.37. The highest BCUT2D eigenvalue weighted by atomic mass is 35.5. The second-order valence-corrected chi connectivity index (χ2v) is 6.38. The van der Waals surface area contributed by atoms with Gasteiger partial charge in [0.2, 0.25) is 0 Å². The molecule has 1 aliphatic rings. The summed E-state index contributed by atoms with van der Waals surface area (Å²) in [6.07, 6.45) is 1.91. The van der Waals surface area contributed by atoms with Gasteiger partial charge in [-0.15, -0.1) is 0 Å². The lowest BCUT2D eigenvalue weighted by Crippen LogP contribution is -2.35. The molecule has 0 fully saturated rings. The topological polar surface area (TPSA) is 32.8 Å². The quantitative estimate of drug-likeness (QED) is 0.793. The van der Waals surface area contributed by atoms with Crippen LogP contribution in [0.1, 0.15) is 11.1 Å². The number of amides is 1. The van der Waals surface area contributed by atoms with Gasteiger partial charge in [-0.3, -0.25) is 14.6 Å². The van der Waals surface area contributed by atoms with E-state index in [1.54, 1.807) is 12.0 Å². The fourth-order valence-electron chi connectivity index (χ4n) is 2.76. The molecule has 3 rings (SSSR count). The Balaban J connectivity index is 2.04. The highest BCUT2D eigenvalue weighted by Crippen LogP contribution is 2.39. The maximum Gasteiger partial charge on any atom is 0.260 e. The van der Waals surface area contributed by atoms with E-state index in [0.29, 0.717) is 17.3 Å². The van der Waals surface area contributed by atoms with Gasteiger partial charge >= 0.3 is 0 Å². The molecule has 5 heteroatoms. The molecule has 0 atom stereocenters. The number of halogens is 1. The van der Waals surface area contributed by atoms with Gasteiger partial charge in [0.25, 0.3) is 5.91 Å². The maximum absolute atomic E-state index is 12.9. The van der Waals surface area contributed by atoms with Crippen molar-refractivity contribution in [3.63, 3.8) is 0 Å². The van der Waals surface area contributed by atoms with Crippen LogP contribution in [0.3, 0.4) is 0 Å². The van der Waals surface area contributed by atoms with Crippen molar-refractivity contribution in [1.82, 2.24) is 4.90 Å². The summed E-state index contributed by atoms with van der Waals surface area (Å²) in [6.45, 7) is 0.506. The Labute approximate surface area is 146 Å². The summed E-state index contributed by atoms with van der Waals surface area (Å²) in [6, 6.07) is 13.2. The van der Waals surface area contributed by atoms with Crippen LogP contribution in [-0.2, 0) is 4.79 Å². The van der Waals surface area contributed by atoms with Gasteiger partial charge in [-0.2, -0.15) is 0 Å². The molecule has 2 aromatic carbocycles. The van der Waals surface area contributed by atoms with E-state index in [0.717, 1.165) is 22.6 Å². The number of benzene rings is 2. The lowest BCUT2D eigenvalue weighted by molar-refractivity contribution is -0.113. The molecule has 0 saturated carbocycles. The van der Waals surface area contributed by atoms with Crippen molar-refractivity contribution in [3.8, 4) is 5.75 Å². The van der Waals surface area contributed by atoms with E-state index in [-0.39, 0.29) is 5.91 Å². The first-order chi connectivity index (χ1) is 11.5. The molecule has 124 valence electrons. The standard InChI is InChI=1S/C19H19ClN2O2/c1-21(2)12-22-18-11-14(20)6-9-16(18)17(19(22)23)10-13-4-7-15(24-3)8-5-13/h4-11H,12H2,1-3H3. The Bertz CT molecular complexity index is 798. The Kier molecular flexibility index (Phi) is 4.60. The van der Waals surface area contributed by atoms with Crippen LogP contribution in [0.2, 0.25) is 5.02 Å². The minimum Gasteiger partial charge on any atom is -0.497 e. The minimum absolute atomic E-state index is 0.0169. The normalized spacial score (nSPS) is 15.3. The molecule has 0 radical (unpaired) electrons. The molecular formula is C19H19ClN2O2. The molecule has 1 heterocycles. The first kappa shape index (κ1) is 16.6. The first-order valence-electron chi connectivity index (χ1n) is 7.62. The average molecular weight is 343 g/mol. The summed E-state index contributed by atoms with van der Waals surface area (Å²) in [4.78, 5) is 16.6. The van der Waals surface area contributed by atoms with Crippen LogP contribution in [-0.4, -0.2) is 38.7 Å². The predicted molar refractivity (Wildman–Crippen MR) is 98.4 cm³/mol. The lowest BCUT2D eigenvalue weighted by Gasteiger charge is -2.21. The predicted octanol–water partition coefficient (Wildman–Crippen LogP) is 3.75. The smallest absolute Gasteiger partial charge is 0.260 e. The van der Waals surface area contributed by atoms with Crippen LogP contribution in [0.15, 0.2) is 42.5 Å². The van der Waals surface area contributed by atoms with E-state index in [2.05, 4.69) is 0 Å². The molecule has 0 spiro atoms. The molecule has 1 aliphatic heterocycles.